The molecule has 100 valence electrons. The number of methoxy groups -OCH3 is 1. The third kappa shape index (κ3) is 3.41. The van der Waals surface area contributed by atoms with Crippen molar-refractivity contribution in [2.24, 2.45) is 0 Å². The number of aromatic carboxylic acids is 1. The van der Waals surface area contributed by atoms with Crippen molar-refractivity contribution in [3.05, 3.63) is 28.0 Å². The maximum absolute atomic E-state index is 13.9. The zero-order valence-corrected chi connectivity index (χ0v) is 11.2. The Bertz CT molecular complexity index is 441. The van der Waals surface area contributed by atoms with Crippen molar-refractivity contribution in [3.63, 3.8) is 0 Å². The van der Waals surface area contributed by atoms with Gasteiger partial charge in [-0.2, -0.15) is 0 Å². The summed E-state index contributed by atoms with van der Waals surface area (Å²) >= 11 is 2.89. The first-order valence-electron chi connectivity index (χ1n) is 5.08. The third-order valence-electron chi connectivity index (χ3n) is 2.26. The molecule has 1 rings (SSSR count). The van der Waals surface area contributed by atoms with E-state index in [4.69, 9.17) is 14.9 Å². The molecule has 0 aliphatic rings. The number of ether oxygens (including phenoxy) is 1. The molecule has 0 saturated carbocycles. The van der Waals surface area contributed by atoms with Crippen molar-refractivity contribution in [3.8, 4) is 0 Å². The fourth-order valence-corrected chi connectivity index (χ4v) is 1.90. The zero-order valence-electron chi connectivity index (χ0n) is 9.61. The Kier molecular flexibility index (Phi) is 5.52. The average Bonchev–Trinajstić information content (AvgIpc) is 2.33. The molecule has 7 heteroatoms. The standard InChI is InChI=1S/C11H13BrFNO4/c1-18-5-6(4-15)14-8-3-2-7(11(16)17)9(12)10(8)13/h2-3,6,14-15H,4-5H2,1H3,(H,16,17). The Morgan fingerprint density at radius 3 is 2.78 bits per heavy atom. The summed E-state index contributed by atoms with van der Waals surface area (Å²) in [4.78, 5) is 10.8. The highest BCUT2D eigenvalue weighted by molar-refractivity contribution is 9.10. The minimum atomic E-state index is -1.22. The topological polar surface area (TPSA) is 78.8 Å². The number of hydrogen-bond donors (Lipinski definition) is 3. The van der Waals surface area contributed by atoms with Gasteiger partial charge in [-0.3, -0.25) is 0 Å². The van der Waals surface area contributed by atoms with E-state index in [-0.39, 0.29) is 28.9 Å². The van der Waals surface area contributed by atoms with E-state index in [1.807, 2.05) is 0 Å². The lowest BCUT2D eigenvalue weighted by Crippen LogP contribution is -2.29. The van der Waals surface area contributed by atoms with Gasteiger partial charge in [0.2, 0.25) is 0 Å². The summed E-state index contributed by atoms with van der Waals surface area (Å²) in [5, 5.41) is 20.6. The molecule has 1 unspecified atom stereocenters. The van der Waals surface area contributed by atoms with E-state index in [1.165, 1.54) is 19.2 Å². The lowest BCUT2D eigenvalue weighted by molar-refractivity contribution is 0.0695. The van der Waals surface area contributed by atoms with Crippen LogP contribution in [-0.2, 0) is 4.74 Å². The van der Waals surface area contributed by atoms with Gasteiger partial charge in [0.1, 0.15) is 0 Å². The number of anilines is 1. The summed E-state index contributed by atoms with van der Waals surface area (Å²) < 4.78 is 18.6. The van der Waals surface area contributed by atoms with Gasteiger partial charge in [-0.15, -0.1) is 0 Å². The van der Waals surface area contributed by atoms with Gasteiger partial charge in [-0.1, -0.05) is 0 Å². The van der Waals surface area contributed by atoms with E-state index in [0.29, 0.717) is 0 Å². The number of rotatable bonds is 6. The molecule has 1 aromatic rings. The second kappa shape index (κ2) is 6.67. The van der Waals surface area contributed by atoms with Gasteiger partial charge >= 0.3 is 5.97 Å². The van der Waals surface area contributed by atoms with Crippen molar-refractivity contribution in [2.75, 3.05) is 25.6 Å². The molecule has 0 heterocycles. The smallest absolute Gasteiger partial charge is 0.336 e. The molecule has 0 spiro atoms. The summed E-state index contributed by atoms with van der Waals surface area (Å²) in [6.07, 6.45) is 0. The molecule has 1 aromatic carbocycles. The van der Waals surface area contributed by atoms with Crippen LogP contribution in [0.5, 0.6) is 0 Å². The largest absolute Gasteiger partial charge is 0.478 e. The van der Waals surface area contributed by atoms with E-state index in [0.717, 1.165) is 0 Å². The first-order valence-corrected chi connectivity index (χ1v) is 5.88. The molecule has 0 aliphatic carbocycles. The van der Waals surface area contributed by atoms with E-state index in [2.05, 4.69) is 21.2 Å². The number of nitrogens with one attached hydrogen (secondary N) is 1. The molecule has 0 saturated heterocycles. The second-order valence-electron chi connectivity index (χ2n) is 3.57. The van der Waals surface area contributed by atoms with E-state index >= 15 is 0 Å². The maximum atomic E-state index is 13.9. The van der Waals surface area contributed by atoms with Crippen LogP contribution in [0, 0.1) is 5.82 Å². The summed E-state index contributed by atoms with van der Waals surface area (Å²) in [6.45, 7) is -0.0280. The minimum absolute atomic E-state index is 0.1000. The Labute approximate surface area is 112 Å². The molecular formula is C11H13BrFNO4. The number of halogens is 2. The van der Waals surface area contributed by atoms with Crippen LogP contribution in [0.2, 0.25) is 0 Å². The molecule has 3 N–H and O–H groups in total. The van der Waals surface area contributed by atoms with Gasteiger partial charge in [-0.25, -0.2) is 9.18 Å². The Balaban J connectivity index is 2.98. The fraction of sp³-hybridized carbons (Fsp3) is 0.364. The number of benzene rings is 1. The van der Waals surface area contributed by atoms with Crippen LogP contribution in [0.1, 0.15) is 10.4 Å². The molecule has 0 radical (unpaired) electrons. The lowest BCUT2D eigenvalue weighted by Gasteiger charge is -2.17. The minimum Gasteiger partial charge on any atom is -0.478 e. The fourth-order valence-electron chi connectivity index (χ4n) is 1.39. The van der Waals surface area contributed by atoms with Gasteiger partial charge in [0.05, 0.1) is 35.0 Å². The molecule has 5 nitrogen and oxygen atoms in total. The van der Waals surface area contributed by atoms with Crippen molar-refractivity contribution in [1.29, 1.82) is 0 Å². The van der Waals surface area contributed by atoms with Gasteiger partial charge in [0, 0.05) is 7.11 Å². The molecule has 0 fully saturated rings. The van der Waals surface area contributed by atoms with Crippen LogP contribution in [0.4, 0.5) is 10.1 Å². The van der Waals surface area contributed by atoms with Crippen LogP contribution < -0.4 is 5.32 Å². The summed E-state index contributed by atoms with van der Waals surface area (Å²) in [6, 6.07) is 2.12. The van der Waals surface area contributed by atoms with Crippen molar-refractivity contribution in [2.45, 2.75) is 6.04 Å². The van der Waals surface area contributed by atoms with E-state index < -0.39 is 17.8 Å². The molecule has 1 atom stereocenters. The monoisotopic (exact) mass is 321 g/mol. The Morgan fingerprint density at radius 1 is 1.61 bits per heavy atom. The predicted octanol–water partition coefficient (Wildman–Crippen LogP) is 1.71. The van der Waals surface area contributed by atoms with Crippen LogP contribution in [-0.4, -0.2) is 42.5 Å². The van der Waals surface area contributed by atoms with Crippen LogP contribution in [0.3, 0.4) is 0 Å². The van der Waals surface area contributed by atoms with Crippen molar-refractivity contribution < 1.29 is 24.1 Å². The highest BCUT2D eigenvalue weighted by atomic mass is 79.9. The number of carbonyl (C=O) groups is 1. The van der Waals surface area contributed by atoms with Crippen LogP contribution >= 0.6 is 15.9 Å². The number of carboxylic acids is 1. The number of carboxylic acid groups (broad SMARTS) is 1. The van der Waals surface area contributed by atoms with Crippen LogP contribution in [0.25, 0.3) is 0 Å². The highest BCUT2D eigenvalue weighted by Crippen LogP contribution is 2.27. The Hall–Kier alpha value is -1.18. The summed E-state index contributed by atoms with van der Waals surface area (Å²) in [5.74, 6) is -1.94. The molecule has 0 bridgehead atoms. The molecule has 18 heavy (non-hydrogen) atoms. The molecular weight excluding hydrogens is 309 g/mol. The summed E-state index contributed by atoms with van der Waals surface area (Å²) in [5.41, 5.74) is -0.0617. The quantitative estimate of drug-likeness (QED) is 0.743. The first kappa shape index (κ1) is 14.9. The first-order chi connectivity index (χ1) is 8.51. The molecule has 0 aliphatic heterocycles. The third-order valence-corrected chi connectivity index (χ3v) is 3.04. The van der Waals surface area contributed by atoms with Gasteiger partial charge < -0.3 is 20.3 Å². The van der Waals surface area contributed by atoms with E-state index in [9.17, 15) is 9.18 Å². The predicted molar refractivity (Wildman–Crippen MR) is 67.4 cm³/mol. The van der Waals surface area contributed by atoms with Crippen LogP contribution in [0.15, 0.2) is 16.6 Å². The van der Waals surface area contributed by atoms with Gasteiger partial charge in [0.25, 0.3) is 0 Å². The summed E-state index contributed by atoms with van der Waals surface area (Å²) in [7, 11) is 1.46. The van der Waals surface area contributed by atoms with Crippen molar-refractivity contribution >= 4 is 27.6 Å². The SMILES string of the molecule is COCC(CO)Nc1ccc(C(=O)O)c(Br)c1F. The number of aliphatic hydroxyl groups is 1. The van der Waals surface area contributed by atoms with E-state index in [1.54, 1.807) is 0 Å². The molecule has 0 aromatic heterocycles. The average molecular weight is 322 g/mol. The number of hydrogen-bond acceptors (Lipinski definition) is 4. The Morgan fingerprint density at radius 2 is 2.28 bits per heavy atom. The lowest BCUT2D eigenvalue weighted by atomic mass is 10.2. The highest BCUT2D eigenvalue weighted by Gasteiger charge is 2.17. The molecule has 0 amide bonds. The van der Waals surface area contributed by atoms with Crippen molar-refractivity contribution in [1.82, 2.24) is 0 Å². The maximum Gasteiger partial charge on any atom is 0.336 e. The van der Waals surface area contributed by atoms with Gasteiger partial charge in [-0.05, 0) is 28.1 Å². The normalized spacial score (nSPS) is 12.2. The van der Waals surface area contributed by atoms with Gasteiger partial charge in [0.15, 0.2) is 5.82 Å². The second-order valence-corrected chi connectivity index (χ2v) is 4.37. The zero-order chi connectivity index (χ0) is 13.7. The number of aliphatic hydroxyl groups excluding tert-OH is 1.